The van der Waals surface area contributed by atoms with Gasteiger partial charge in [-0.2, -0.15) is 0 Å². The summed E-state index contributed by atoms with van der Waals surface area (Å²) in [5, 5.41) is -0.357. The second-order valence-corrected chi connectivity index (χ2v) is 6.12. The van der Waals surface area contributed by atoms with Gasteiger partial charge in [-0.15, -0.1) is 0 Å². The molecule has 0 aromatic carbocycles. The van der Waals surface area contributed by atoms with Crippen LogP contribution in [0.25, 0.3) is 0 Å². The zero-order valence-electron chi connectivity index (χ0n) is 11.4. The van der Waals surface area contributed by atoms with Gasteiger partial charge in [0.1, 0.15) is 4.90 Å². The van der Waals surface area contributed by atoms with Crippen LogP contribution in [-0.4, -0.2) is 32.2 Å². The van der Waals surface area contributed by atoms with E-state index in [-0.39, 0.29) is 16.6 Å². The van der Waals surface area contributed by atoms with Crippen LogP contribution in [-0.2, 0) is 10.0 Å². The standard InChI is InChI=1S/C12H17ClFN3O2S/c1-3-9(4-2)15-5-6-17-20(18,19)10-7-11(14)12(13)16-8-10/h7-8,17H,3-6H2,1-2H3. The Hall–Kier alpha value is -1.05. The fraction of sp³-hybridized carbons (Fsp3) is 0.500. The van der Waals surface area contributed by atoms with Gasteiger partial charge >= 0.3 is 0 Å². The van der Waals surface area contributed by atoms with Crippen LogP contribution >= 0.6 is 11.6 Å². The summed E-state index contributed by atoms with van der Waals surface area (Å²) in [5.74, 6) is -0.869. The predicted molar refractivity (Wildman–Crippen MR) is 77.3 cm³/mol. The van der Waals surface area contributed by atoms with E-state index in [9.17, 15) is 12.8 Å². The highest BCUT2D eigenvalue weighted by Gasteiger charge is 2.16. The van der Waals surface area contributed by atoms with Crippen LogP contribution in [0.2, 0.25) is 5.15 Å². The minimum absolute atomic E-state index is 0.149. The lowest BCUT2D eigenvalue weighted by atomic mass is 10.2. The third-order valence-corrected chi connectivity index (χ3v) is 4.34. The van der Waals surface area contributed by atoms with Crippen molar-refractivity contribution >= 4 is 27.3 Å². The maximum absolute atomic E-state index is 13.2. The number of nitrogens with one attached hydrogen (secondary N) is 1. The first-order valence-electron chi connectivity index (χ1n) is 6.23. The molecule has 0 bridgehead atoms. The number of aromatic nitrogens is 1. The van der Waals surface area contributed by atoms with Gasteiger partial charge in [0.05, 0.1) is 6.54 Å². The molecule has 5 nitrogen and oxygen atoms in total. The van der Waals surface area contributed by atoms with E-state index in [1.807, 2.05) is 13.8 Å². The molecule has 1 aromatic rings. The van der Waals surface area contributed by atoms with Crippen molar-refractivity contribution < 1.29 is 12.8 Å². The van der Waals surface area contributed by atoms with E-state index in [1.165, 1.54) is 0 Å². The predicted octanol–water partition coefficient (Wildman–Crippen LogP) is 2.41. The molecule has 1 N–H and O–H groups in total. The van der Waals surface area contributed by atoms with Gasteiger partial charge in [0, 0.05) is 18.5 Å². The molecule has 0 saturated heterocycles. The first-order valence-corrected chi connectivity index (χ1v) is 8.09. The summed E-state index contributed by atoms with van der Waals surface area (Å²) in [6.45, 7) is 4.49. The number of aliphatic imine (C=N–C) groups is 1. The van der Waals surface area contributed by atoms with Crippen LogP contribution in [0, 0.1) is 5.82 Å². The summed E-state index contributed by atoms with van der Waals surface area (Å²) < 4.78 is 39.3. The van der Waals surface area contributed by atoms with Crippen molar-refractivity contribution in [2.24, 2.45) is 4.99 Å². The van der Waals surface area contributed by atoms with E-state index >= 15 is 0 Å². The molecule has 0 radical (unpaired) electrons. The number of rotatable bonds is 7. The number of halogens is 2. The summed E-state index contributed by atoms with van der Waals surface area (Å²) in [6.07, 6.45) is 2.70. The Morgan fingerprint density at radius 3 is 2.65 bits per heavy atom. The highest BCUT2D eigenvalue weighted by molar-refractivity contribution is 7.89. The van der Waals surface area contributed by atoms with Gasteiger partial charge in [-0.1, -0.05) is 25.4 Å². The Labute approximate surface area is 123 Å². The quantitative estimate of drug-likeness (QED) is 0.476. The SMILES string of the molecule is CCC(CC)=NCCNS(=O)(=O)c1cnc(Cl)c(F)c1. The van der Waals surface area contributed by atoms with Crippen LogP contribution in [0.15, 0.2) is 22.2 Å². The molecule has 0 saturated carbocycles. The Morgan fingerprint density at radius 1 is 1.45 bits per heavy atom. The van der Waals surface area contributed by atoms with Crippen LogP contribution in [0.5, 0.6) is 0 Å². The Bertz CT molecular complexity index is 584. The molecule has 0 spiro atoms. The van der Waals surface area contributed by atoms with Gasteiger partial charge in [0.2, 0.25) is 10.0 Å². The maximum atomic E-state index is 13.2. The van der Waals surface area contributed by atoms with Gasteiger partial charge in [0.15, 0.2) is 11.0 Å². The molecule has 8 heteroatoms. The Balaban J connectivity index is 2.66. The minimum Gasteiger partial charge on any atom is -0.293 e. The lowest BCUT2D eigenvalue weighted by Gasteiger charge is -2.06. The Morgan fingerprint density at radius 2 is 2.10 bits per heavy atom. The summed E-state index contributed by atoms with van der Waals surface area (Å²) in [6, 6.07) is 0.838. The topological polar surface area (TPSA) is 71.4 Å². The average Bonchev–Trinajstić information content (AvgIpc) is 2.42. The molecule has 0 fully saturated rings. The fourth-order valence-corrected chi connectivity index (χ4v) is 2.58. The van der Waals surface area contributed by atoms with Crippen LogP contribution < -0.4 is 4.72 Å². The van der Waals surface area contributed by atoms with Crippen molar-refractivity contribution in [3.8, 4) is 0 Å². The third kappa shape index (κ3) is 4.81. The van der Waals surface area contributed by atoms with Crippen molar-refractivity contribution in [2.75, 3.05) is 13.1 Å². The molecule has 0 aliphatic rings. The van der Waals surface area contributed by atoms with Gasteiger partial charge in [0.25, 0.3) is 0 Å². The zero-order valence-corrected chi connectivity index (χ0v) is 12.9. The second kappa shape index (κ2) is 7.66. The van der Waals surface area contributed by atoms with Gasteiger partial charge in [-0.3, -0.25) is 4.99 Å². The Kier molecular flexibility index (Phi) is 6.51. The molecule has 20 heavy (non-hydrogen) atoms. The minimum atomic E-state index is -3.79. The first kappa shape index (κ1) is 17.0. The number of hydrogen-bond acceptors (Lipinski definition) is 4. The van der Waals surface area contributed by atoms with E-state index in [2.05, 4.69) is 14.7 Å². The molecular weight excluding hydrogens is 305 g/mol. The fourth-order valence-electron chi connectivity index (χ4n) is 1.50. The normalized spacial score (nSPS) is 11.4. The van der Waals surface area contributed by atoms with Crippen molar-refractivity contribution in [1.82, 2.24) is 9.71 Å². The van der Waals surface area contributed by atoms with Crippen molar-refractivity contribution in [3.63, 3.8) is 0 Å². The van der Waals surface area contributed by atoms with Crippen LogP contribution in [0.4, 0.5) is 4.39 Å². The molecule has 1 rings (SSSR count). The lowest BCUT2D eigenvalue weighted by molar-refractivity contribution is 0.576. The second-order valence-electron chi connectivity index (χ2n) is 4.00. The van der Waals surface area contributed by atoms with E-state index < -0.39 is 15.8 Å². The molecule has 0 atom stereocenters. The largest absolute Gasteiger partial charge is 0.293 e. The summed E-state index contributed by atoms with van der Waals surface area (Å²) >= 11 is 5.41. The van der Waals surface area contributed by atoms with E-state index in [0.717, 1.165) is 30.8 Å². The molecule has 1 heterocycles. The highest BCUT2D eigenvalue weighted by atomic mass is 35.5. The van der Waals surface area contributed by atoms with Gasteiger partial charge in [-0.05, 0) is 18.9 Å². The summed E-state index contributed by atoms with van der Waals surface area (Å²) in [4.78, 5) is 7.48. The smallest absolute Gasteiger partial charge is 0.242 e. The number of nitrogens with zero attached hydrogens (tertiary/aromatic N) is 2. The first-order chi connectivity index (χ1) is 9.40. The third-order valence-electron chi connectivity index (χ3n) is 2.64. The molecule has 0 amide bonds. The molecule has 0 unspecified atom stereocenters. The monoisotopic (exact) mass is 321 g/mol. The van der Waals surface area contributed by atoms with Crippen molar-refractivity contribution in [1.29, 1.82) is 0 Å². The summed E-state index contributed by atoms with van der Waals surface area (Å²) in [5.41, 5.74) is 1.03. The zero-order chi connectivity index (χ0) is 15.2. The summed E-state index contributed by atoms with van der Waals surface area (Å²) in [7, 11) is -3.79. The maximum Gasteiger partial charge on any atom is 0.242 e. The number of hydrogen-bond donors (Lipinski definition) is 1. The van der Waals surface area contributed by atoms with E-state index in [4.69, 9.17) is 11.6 Å². The van der Waals surface area contributed by atoms with Gasteiger partial charge in [-0.25, -0.2) is 22.5 Å². The molecule has 0 aliphatic heterocycles. The van der Waals surface area contributed by atoms with Crippen molar-refractivity contribution in [2.45, 2.75) is 31.6 Å². The number of sulfonamides is 1. The van der Waals surface area contributed by atoms with Crippen LogP contribution in [0.1, 0.15) is 26.7 Å². The highest BCUT2D eigenvalue weighted by Crippen LogP contribution is 2.15. The van der Waals surface area contributed by atoms with E-state index in [0.29, 0.717) is 6.54 Å². The van der Waals surface area contributed by atoms with E-state index in [1.54, 1.807) is 0 Å². The molecule has 112 valence electrons. The average molecular weight is 322 g/mol. The van der Waals surface area contributed by atoms with Crippen LogP contribution in [0.3, 0.4) is 0 Å². The van der Waals surface area contributed by atoms with Crippen molar-refractivity contribution in [3.05, 3.63) is 23.2 Å². The number of pyridine rings is 1. The molecular formula is C12H17ClFN3O2S. The molecule has 0 aliphatic carbocycles. The lowest BCUT2D eigenvalue weighted by Crippen LogP contribution is -2.26. The van der Waals surface area contributed by atoms with Gasteiger partial charge < -0.3 is 0 Å². The molecule has 1 aromatic heterocycles.